The minimum absolute atomic E-state index is 0.0327. The Morgan fingerprint density at radius 2 is 2.24 bits per heavy atom. The SMILES string of the molecule is CC(C)COCC(=O)Nc1ccc(F)cc1N. The third kappa shape index (κ3) is 4.82. The van der Waals surface area contributed by atoms with Crippen molar-refractivity contribution in [2.45, 2.75) is 13.8 Å². The monoisotopic (exact) mass is 240 g/mol. The third-order valence-electron chi connectivity index (χ3n) is 1.97. The highest BCUT2D eigenvalue weighted by Gasteiger charge is 2.06. The number of hydrogen-bond acceptors (Lipinski definition) is 3. The minimum Gasteiger partial charge on any atom is -0.397 e. The van der Waals surface area contributed by atoms with E-state index in [0.29, 0.717) is 18.2 Å². The Morgan fingerprint density at radius 1 is 1.53 bits per heavy atom. The first-order valence-electron chi connectivity index (χ1n) is 5.41. The molecular formula is C12H17FN2O2. The lowest BCUT2D eigenvalue weighted by atomic mass is 10.2. The molecule has 1 rings (SSSR count). The molecule has 17 heavy (non-hydrogen) atoms. The molecule has 0 radical (unpaired) electrons. The van der Waals surface area contributed by atoms with Crippen LogP contribution in [0.25, 0.3) is 0 Å². The van der Waals surface area contributed by atoms with Crippen LogP contribution in [0.4, 0.5) is 15.8 Å². The van der Waals surface area contributed by atoms with Gasteiger partial charge in [-0.15, -0.1) is 0 Å². The van der Waals surface area contributed by atoms with Crippen LogP contribution in [0.15, 0.2) is 18.2 Å². The Hall–Kier alpha value is -1.62. The zero-order chi connectivity index (χ0) is 12.8. The van der Waals surface area contributed by atoms with Crippen LogP contribution in [0.5, 0.6) is 0 Å². The van der Waals surface area contributed by atoms with Crippen molar-refractivity contribution in [1.82, 2.24) is 0 Å². The quantitative estimate of drug-likeness (QED) is 0.774. The summed E-state index contributed by atoms with van der Waals surface area (Å²) in [6, 6.07) is 3.82. The maximum atomic E-state index is 12.8. The van der Waals surface area contributed by atoms with Crippen LogP contribution >= 0.6 is 0 Å². The fraction of sp³-hybridized carbons (Fsp3) is 0.417. The third-order valence-corrected chi connectivity index (χ3v) is 1.97. The largest absolute Gasteiger partial charge is 0.397 e. The van der Waals surface area contributed by atoms with Gasteiger partial charge in [0.1, 0.15) is 12.4 Å². The normalized spacial score (nSPS) is 10.6. The highest BCUT2D eigenvalue weighted by atomic mass is 19.1. The van der Waals surface area contributed by atoms with Gasteiger partial charge in [0.2, 0.25) is 5.91 Å². The average Bonchev–Trinajstić information content (AvgIpc) is 2.21. The highest BCUT2D eigenvalue weighted by Crippen LogP contribution is 2.18. The van der Waals surface area contributed by atoms with Crippen LogP contribution in [-0.2, 0) is 9.53 Å². The molecule has 1 amide bonds. The van der Waals surface area contributed by atoms with E-state index in [1.807, 2.05) is 13.8 Å². The molecule has 5 heteroatoms. The van der Waals surface area contributed by atoms with Gasteiger partial charge in [-0.3, -0.25) is 4.79 Å². The number of benzene rings is 1. The zero-order valence-electron chi connectivity index (χ0n) is 10.00. The Balaban J connectivity index is 2.45. The van der Waals surface area contributed by atoms with Crippen molar-refractivity contribution in [3.05, 3.63) is 24.0 Å². The van der Waals surface area contributed by atoms with Crippen LogP contribution in [0.2, 0.25) is 0 Å². The standard InChI is InChI=1S/C12H17FN2O2/c1-8(2)6-17-7-12(16)15-11-4-3-9(13)5-10(11)14/h3-5,8H,6-7,14H2,1-2H3,(H,15,16). The molecule has 0 bridgehead atoms. The van der Waals surface area contributed by atoms with Crippen molar-refractivity contribution < 1.29 is 13.9 Å². The fourth-order valence-corrected chi connectivity index (χ4v) is 1.22. The van der Waals surface area contributed by atoms with Gasteiger partial charge in [0, 0.05) is 6.61 Å². The number of rotatable bonds is 5. The summed E-state index contributed by atoms with van der Waals surface area (Å²) in [6.45, 7) is 4.48. The first-order chi connectivity index (χ1) is 7.99. The first kappa shape index (κ1) is 13.4. The van der Waals surface area contributed by atoms with E-state index in [-0.39, 0.29) is 18.2 Å². The Morgan fingerprint density at radius 3 is 2.82 bits per heavy atom. The van der Waals surface area contributed by atoms with E-state index in [1.165, 1.54) is 12.1 Å². The minimum atomic E-state index is -0.434. The second kappa shape index (κ2) is 6.20. The van der Waals surface area contributed by atoms with Crippen LogP contribution in [0.1, 0.15) is 13.8 Å². The van der Waals surface area contributed by atoms with E-state index in [1.54, 1.807) is 0 Å². The lowest BCUT2D eigenvalue weighted by Crippen LogP contribution is -2.20. The molecule has 0 aliphatic rings. The molecule has 0 fully saturated rings. The molecule has 1 aromatic rings. The van der Waals surface area contributed by atoms with Crippen molar-refractivity contribution in [3.63, 3.8) is 0 Å². The van der Waals surface area contributed by atoms with Gasteiger partial charge in [0.15, 0.2) is 0 Å². The molecule has 3 N–H and O–H groups in total. The van der Waals surface area contributed by atoms with Gasteiger partial charge in [-0.25, -0.2) is 4.39 Å². The molecule has 0 saturated carbocycles. The van der Waals surface area contributed by atoms with Crippen molar-refractivity contribution in [2.75, 3.05) is 24.3 Å². The molecule has 0 aliphatic heterocycles. The number of carbonyl (C=O) groups is 1. The molecule has 0 unspecified atom stereocenters. The highest BCUT2D eigenvalue weighted by molar-refractivity contribution is 5.94. The van der Waals surface area contributed by atoms with Gasteiger partial charge < -0.3 is 15.8 Å². The van der Waals surface area contributed by atoms with Crippen LogP contribution < -0.4 is 11.1 Å². The summed E-state index contributed by atoms with van der Waals surface area (Å²) >= 11 is 0. The first-order valence-corrected chi connectivity index (χ1v) is 5.41. The summed E-state index contributed by atoms with van der Waals surface area (Å²) in [4.78, 5) is 11.4. The molecule has 94 valence electrons. The van der Waals surface area contributed by atoms with Gasteiger partial charge in [0.25, 0.3) is 0 Å². The van der Waals surface area contributed by atoms with Crippen LogP contribution in [0, 0.1) is 11.7 Å². The molecule has 0 atom stereocenters. The summed E-state index contributed by atoms with van der Waals surface area (Å²) in [5.41, 5.74) is 6.14. The average molecular weight is 240 g/mol. The lowest BCUT2D eigenvalue weighted by Gasteiger charge is -2.09. The summed E-state index contributed by atoms with van der Waals surface area (Å²) in [5.74, 6) is -0.362. The summed E-state index contributed by atoms with van der Waals surface area (Å²) in [6.07, 6.45) is 0. The second-order valence-electron chi connectivity index (χ2n) is 4.19. The number of anilines is 2. The number of hydrogen-bond donors (Lipinski definition) is 2. The molecule has 0 spiro atoms. The predicted octanol–water partition coefficient (Wildman–Crippen LogP) is 2.02. The number of nitrogen functional groups attached to an aromatic ring is 1. The van der Waals surface area contributed by atoms with E-state index >= 15 is 0 Å². The topological polar surface area (TPSA) is 64.3 Å². The van der Waals surface area contributed by atoms with E-state index in [4.69, 9.17) is 10.5 Å². The van der Waals surface area contributed by atoms with Gasteiger partial charge in [0.05, 0.1) is 11.4 Å². The van der Waals surface area contributed by atoms with Gasteiger partial charge in [-0.05, 0) is 24.1 Å². The number of carbonyl (C=O) groups excluding carboxylic acids is 1. The Bertz CT molecular complexity index is 394. The fourth-order valence-electron chi connectivity index (χ4n) is 1.22. The van der Waals surface area contributed by atoms with E-state index in [0.717, 1.165) is 6.07 Å². The Kier molecular flexibility index (Phi) is 4.90. The molecule has 0 aliphatic carbocycles. The number of nitrogens with one attached hydrogen (secondary N) is 1. The van der Waals surface area contributed by atoms with Crippen molar-refractivity contribution in [3.8, 4) is 0 Å². The van der Waals surface area contributed by atoms with Crippen molar-refractivity contribution in [2.24, 2.45) is 5.92 Å². The van der Waals surface area contributed by atoms with E-state index in [9.17, 15) is 9.18 Å². The zero-order valence-corrected chi connectivity index (χ0v) is 10.00. The predicted molar refractivity (Wildman–Crippen MR) is 65.1 cm³/mol. The Labute approximate surface area is 100.0 Å². The molecular weight excluding hydrogens is 223 g/mol. The number of ether oxygens (including phenoxy) is 1. The number of nitrogens with two attached hydrogens (primary N) is 1. The number of halogens is 1. The number of amides is 1. The molecule has 0 saturated heterocycles. The molecule has 0 heterocycles. The van der Waals surface area contributed by atoms with Gasteiger partial charge in [-0.2, -0.15) is 0 Å². The summed E-state index contributed by atoms with van der Waals surface area (Å²) in [5, 5.41) is 2.56. The smallest absolute Gasteiger partial charge is 0.250 e. The molecule has 0 aromatic heterocycles. The molecule has 1 aromatic carbocycles. The molecule has 4 nitrogen and oxygen atoms in total. The van der Waals surface area contributed by atoms with Crippen molar-refractivity contribution in [1.29, 1.82) is 0 Å². The van der Waals surface area contributed by atoms with Gasteiger partial charge in [-0.1, -0.05) is 13.8 Å². The van der Waals surface area contributed by atoms with Crippen LogP contribution in [-0.4, -0.2) is 19.1 Å². The lowest BCUT2D eigenvalue weighted by molar-refractivity contribution is -0.120. The maximum absolute atomic E-state index is 12.8. The maximum Gasteiger partial charge on any atom is 0.250 e. The second-order valence-corrected chi connectivity index (χ2v) is 4.19. The van der Waals surface area contributed by atoms with Crippen molar-refractivity contribution >= 4 is 17.3 Å². The van der Waals surface area contributed by atoms with Crippen LogP contribution in [0.3, 0.4) is 0 Å². The van der Waals surface area contributed by atoms with Gasteiger partial charge >= 0.3 is 0 Å². The van der Waals surface area contributed by atoms with E-state index in [2.05, 4.69) is 5.32 Å². The summed E-state index contributed by atoms with van der Waals surface area (Å²) < 4.78 is 17.9. The van der Waals surface area contributed by atoms with E-state index < -0.39 is 5.82 Å². The summed E-state index contributed by atoms with van der Waals surface area (Å²) in [7, 11) is 0.